The normalized spacial score (nSPS) is 25.3. The summed E-state index contributed by atoms with van der Waals surface area (Å²) in [5.41, 5.74) is 1.02. The third-order valence-corrected chi connectivity index (χ3v) is 4.28. The lowest BCUT2D eigenvalue weighted by Gasteiger charge is -2.22. The fourth-order valence-electron chi connectivity index (χ4n) is 3.10. The average molecular weight is 286 g/mol. The molecule has 0 saturated heterocycles. The summed E-state index contributed by atoms with van der Waals surface area (Å²) in [6.45, 7) is 1.40. The number of hydrogen-bond donors (Lipinski definition) is 1. The van der Waals surface area contributed by atoms with Gasteiger partial charge in [0.15, 0.2) is 11.5 Å². The minimum absolute atomic E-state index is 0.100. The van der Waals surface area contributed by atoms with Crippen LogP contribution in [-0.2, 0) is 0 Å². The van der Waals surface area contributed by atoms with Gasteiger partial charge in [-0.25, -0.2) is 0 Å². The second-order valence-electron chi connectivity index (χ2n) is 5.84. The Morgan fingerprint density at radius 1 is 1.00 bits per heavy atom. The summed E-state index contributed by atoms with van der Waals surface area (Å²) in [5, 5.41) is 12.9. The molecule has 1 saturated carbocycles. The van der Waals surface area contributed by atoms with E-state index >= 15 is 0 Å². The molecule has 1 aliphatic heterocycles. The molecular weight excluding hydrogens is 264 g/mol. The Kier molecular flexibility index (Phi) is 4.49. The Morgan fingerprint density at radius 2 is 1.81 bits per heavy atom. The maximum absolute atomic E-state index is 9.36. The van der Waals surface area contributed by atoms with Gasteiger partial charge in [-0.05, 0) is 25.0 Å². The van der Waals surface area contributed by atoms with Gasteiger partial charge in [-0.2, -0.15) is 5.26 Å². The van der Waals surface area contributed by atoms with Gasteiger partial charge in [0.1, 0.15) is 0 Å². The quantitative estimate of drug-likeness (QED) is 0.842. The molecule has 2 atom stereocenters. The predicted octanol–water partition coefficient (Wildman–Crippen LogP) is 3.73. The van der Waals surface area contributed by atoms with Gasteiger partial charge >= 0.3 is 0 Å². The van der Waals surface area contributed by atoms with Crippen molar-refractivity contribution >= 4 is 5.69 Å². The first-order valence-electron chi connectivity index (χ1n) is 7.92. The molecular formula is C17H22N2O2. The van der Waals surface area contributed by atoms with Crippen molar-refractivity contribution in [2.45, 2.75) is 44.6 Å². The highest BCUT2D eigenvalue weighted by atomic mass is 16.5. The van der Waals surface area contributed by atoms with Gasteiger partial charge in [0.05, 0.1) is 25.2 Å². The summed E-state index contributed by atoms with van der Waals surface area (Å²) in [6, 6.07) is 8.69. The number of rotatable bonds is 2. The minimum Gasteiger partial charge on any atom is -0.490 e. The van der Waals surface area contributed by atoms with Crippen LogP contribution in [0.15, 0.2) is 18.2 Å². The second kappa shape index (κ2) is 6.71. The lowest BCUT2D eigenvalue weighted by molar-refractivity contribution is 0.297. The van der Waals surface area contributed by atoms with Crippen molar-refractivity contribution in [3.63, 3.8) is 0 Å². The SMILES string of the molecule is N#CC1CCCCCC1Nc1ccc2c(c1)OCCCO2. The molecule has 1 heterocycles. The Balaban J connectivity index is 1.74. The van der Waals surface area contributed by atoms with E-state index in [1.165, 1.54) is 12.8 Å². The van der Waals surface area contributed by atoms with E-state index in [4.69, 9.17) is 9.47 Å². The zero-order valence-electron chi connectivity index (χ0n) is 12.3. The molecule has 0 bridgehead atoms. The van der Waals surface area contributed by atoms with Crippen molar-refractivity contribution in [1.82, 2.24) is 0 Å². The molecule has 2 unspecified atom stereocenters. The van der Waals surface area contributed by atoms with E-state index < -0.39 is 0 Å². The highest BCUT2D eigenvalue weighted by Gasteiger charge is 2.23. The molecule has 2 aliphatic rings. The number of anilines is 1. The first-order chi connectivity index (χ1) is 10.4. The Bertz CT molecular complexity index is 524. The van der Waals surface area contributed by atoms with Crippen molar-refractivity contribution < 1.29 is 9.47 Å². The number of fused-ring (bicyclic) bond motifs is 1. The zero-order valence-corrected chi connectivity index (χ0v) is 12.3. The summed E-state index contributed by atoms with van der Waals surface area (Å²) >= 11 is 0. The Morgan fingerprint density at radius 3 is 2.67 bits per heavy atom. The van der Waals surface area contributed by atoms with Crippen molar-refractivity contribution in [3.05, 3.63) is 18.2 Å². The molecule has 0 aromatic heterocycles. The van der Waals surface area contributed by atoms with Crippen LogP contribution in [0.3, 0.4) is 0 Å². The van der Waals surface area contributed by atoms with Gasteiger partial charge in [0.2, 0.25) is 0 Å². The highest BCUT2D eigenvalue weighted by molar-refractivity contribution is 5.55. The van der Waals surface area contributed by atoms with Crippen molar-refractivity contribution in [3.8, 4) is 17.6 Å². The van der Waals surface area contributed by atoms with Crippen LogP contribution in [0.25, 0.3) is 0 Å². The molecule has 1 N–H and O–H groups in total. The molecule has 1 aromatic carbocycles. The fraction of sp³-hybridized carbons (Fsp3) is 0.588. The highest BCUT2D eigenvalue weighted by Crippen LogP contribution is 2.34. The first kappa shape index (κ1) is 14.1. The summed E-state index contributed by atoms with van der Waals surface area (Å²) in [7, 11) is 0. The van der Waals surface area contributed by atoms with Crippen LogP contribution < -0.4 is 14.8 Å². The molecule has 112 valence electrons. The van der Waals surface area contributed by atoms with E-state index in [1.807, 2.05) is 18.2 Å². The molecule has 1 aliphatic carbocycles. The van der Waals surface area contributed by atoms with Crippen LogP contribution in [0.5, 0.6) is 11.5 Å². The number of nitrogens with one attached hydrogen (secondary N) is 1. The Hall–Kier alpha value is -1.89. The molecule has 0 spiro atoms. The molecule has 4 nitrogen and oxygen atoms in total. The van der Waals surface area contributed by atoms with Gasteiger partial charge in [0, 0.05) is 24.2 Å². The van der Waals surface area contributed by atoms with Crippen LogP contribution in [0.4, 0.5) is 5.69 Å². The molecule has 4 heteroatoms. The van der Waals surface area contributed by atoms with Crippen LogP contribution in [0.2, 0.25) is 0 Å². The van der Waals surface area contributed by atoms with Gasteiger partial charge < -0.3 is 14.8 Å². The summed E-state index contributed by atoms with van der Waals surface area (Å²) in [6.07, 6.45) is 6.57. The van der Waals surface area contributed by atoms with Gasteiger partial charge in [-0.3, -0.25) is 0 Å². The van der Waals surface area contributed by atoms with E-state index in [0.717, 1.165) is 42.9 Å². The molecule has 0 amide bonds. The average Bonchev–Trinajstić information content (AvgIpc) is 2.87. The zero-order chi connectivity index (χ0) is 14.5. The fourth-order valence-corrected chi connectivity index (χ4v) is 3.10. The first-order valence-corrected chi connectivity index (χ1v) is 7.92. The minimum atomic E-state index is 0.100. The topological polar surface area (TPSA) is 54.3 Å². The Labute approximate surface area is 126 Å². The molecule has 1 fully saturated rings. The van der Waals surface area contributed by atoms with E-state index in [0.29, 0.717) is 13.2 Å². The van der Waals surface area contributed by atoms with E-state index in [-0.39, 0.29) is 12.0 Å². The van der Waals surface area contributed by atoms with E-state index in [2.05, 4.69) is 11.4 Å². The van der Waals surface area contributed by atoms with E-state index in [9.17, 15) is 5.26 Å². The lowest BCUT2D eigenvalue weighted by atomic mass is 9.96. The number of nitriles is 1. The largest absolute Gasteiger partial charge is 0.490 e. The molecule has 1 aromatic rings. The number of benzene rings is 1. The van der Waals surface area contributed by atoms with Gasteiger partial charge in [0.25, 0.3) is 0 Å². The van der Waals surface area contributed by atoms with Gasteiger partial charge in [-0.1, -0.05) is 19.3 Å². The van der Waals surface area contributed by atoms with Crippen LogP contribution >= 0.6 is 0 Å². The summed E-state index contributed by atoms with van der Waals surface area (Å²) in [5.74, 6) is 1.72. The summed E-state index contributed by atoms with van der Waals surface area (Å²) in [4.78, 5) is 0. The van der Waals surface area contributed by atoms with Crippen molar-refractivity contribution in [2.24, 2.45) is 5.92 Å². The molecule has 3 rings (SSSR count). The predicted molar refractivity (Wildman–Crippen MR) is 81.6 cm³/mol. The monoisotopic (exact) mass is 286 g/mol. The summed E-state index contributed by atoms with van der Waals surface area (Å²) < 4.78 is 11.4. The van der Waals surface area contributed by atoms with E-state index in [1.54, 1.807) is 0 Å². The van der Waals surface area contributed by atoms with Gasteiger partial charge in [-0.15, -0.1) is 0 Å². The second-order valence-corrected chi connectivity index (χ2v) is 5.84. The standard InChI is InChI=1S/C17H22N2O2/c18-12-13-5-2-1-3-6-15(13)19-14-7-8-16-17(11-14)21-10-4-9-20-16/h7-8,11,13,15,19H,1-6,9-10H2. The third kappa shape index (κ3) is 3.41. The molecule has 21 heavy (non-hydrogen) atoms. The lowest BCUT2D eigenvalue weighted by Crippen LogP contribution is -2.27. The van der Waals surface area contributed by atoms with Crippen molar-refractivity contribution in [2.75, 3.05) is 18.5 Å². The number of nitrogens with zero attached hydrogens (tertiary/aromatic N) is 1. The molecule has 0 radical (unpaired) electrons. The van der Waals surface area contributed by atoms with Crippen molar-refractivity contribution in [1.29, 1.82) is 5.26 Å². The number of hydrogen-bond acceptors (Lipinski definition) is 4. The maximum Gasteiger partial charge on any atom is 0.163 e. The smallest absolute Gasteiger partial charge is 0.163 e. The van der Waals surface area contributed by atoms with Crippen LogP contribution in [0, 0.1) is 17.2 Å². The third-order valence-electron chi connectivity index (χ3n) is 4.28. The maximum atomic E-state index is 9.36. The van der Waals surface area contributed by atoms with Crippen LogP contribution in [0.1, 0.15) is 38.5 Å². The van der Waals surface area contributed by atoms with Crippen LogP contribution in [-0.4, -0.2) is 19.3 Å². The number of ether oxygens (including phenoxy) is 2.